The lowest BCUT2D eigenvalue weighted by Gasteiger charge is -2.04. The first-order valence-electron chi connectivity index (χ1n) is 6.39. The molecule has 0 aliphatic heterocycles. The molecule has 0 fully saturated rings. The Balaban J connectivity index is 1.91. The Labute approximate surface area is 122 Å². The van der Waals surface area contributed by atoms with Gasteiger partial charge in [-0.15, -0.1) is 11.3 Å². The van der Waals surface area contributed by atoms with Crippen LogP contribution in [0.5, 0.6) is 0 Å². The summed E-state index contributed by atoms with van der Waals surface area (Å²) in [7, 11) is 0. The van der Waals surface area contributed by atoms with E-state index in [1.165, 1.54) is 4.88 Å². The SMILES string of the molecule is NCC#Cc1cccc(C(=O)NCCc2cccs2)c1. The van der Waals surface area contributed by atoms with E-state index in [0.717, 1.165) is 12.0 Å². The fourth-order valence-corrected chi connectivity index (χ4v) is 2.46. The highest BCUT2D eigenvalue weighted by atomic mass is 32.1. The average molecular weight is 284 g/mol. The van der Waals surface area contributed by atoms with E-state index < -0.39 is 0 Å². The van der Waals surface area contributed by atoms with Crippen molar-refractivity contribution in [1.29, 1.82) is 0 Å². The first-order chi connectivity index (χ1) is 9.79. The van der Waals surface area contributed by atoms with Crippen LogP contribution in [0.15, 0.2) is 41.8 Å². The van der Waals surface area contributed by atoms with Gasteiger partial charge in [-0.05, 0) is 36.1 Å². The molecule has 0 radical (unpaired) electrons. The normalized spacial score (nSPS) is 9.65. The van der Waals surface area contributed by atoms with Gasteiger partial charge in [-0.1, -0.05) is 24.0 Å². The van der Waals surface area contributed by atoms with Crippen molar-refractivity contribution < 1.29 is 4.79 Å². The second-order valence-corrected chi connectivity index (χ2v) is 5.20. The molecule has 0 bridgehead atoms. The van der Waals surface area contributed by atoms with Gasteiger partial charge in [-0.3, -0.25) is 4.79 Å². The molecule has 0 atom stereocenters. The summed E-state index contributed by atoms with van der Waals surface area (Å²) >= 11 is 1.70. The number of carbonyl (C=O) groups excluding carboxylic acids is 1. The van der Waals surface area contributed by atoms with Crippen molar-refractivity contribution in [3.8, 4) is 11.8 Å². The molecule has 0 unspecified atom stereocenters. The van der Waals surface area contributed by atoms with Gasteiger partial charge in [0.25, 0.3) is 5.91 Å². The first kappa shape index (κ1) is 14.3. The van der Waals surface area contributed by atoms with E-state index in [-0.39, 0.29) is 5.91 Å². The molecular formula is C16H16N2OS. The summed E-state index contributed by atoms with van der Waals surface area (Å²) < 4.78 is 0. The summed E-state index contributed by atoms with van der Waals surface area (Å²) in [5.41, 5.74) is 6.77. The molecule has 1 amide bonds. The zero-order chi connectivity index (χ0) is 14.2. The third-order valence-electron chi connectivity index (χ3n) is 2.70. The van der Waals surface area contributed by atoms with Crippen LogP contribution in [0.1, 0.15) is 20.8 Å². The second kappa shape index (κ2) is 7.49. The van der Waals surface area contributed by atoms with E-state index in [1.807, 2.05) is 23.6 Å². The number of nitrogens with one attached hydrogen (secondary N) is 1. The van der Waals surface area contributed by atoms with Crippen LogP contribution in [0.2, 0.25) is 0 Å². The molecule has 0 spiro atoms. The second-order valence-electron chi connectivity index (χ2n) is 4.17. The topological polar surface area (TPSA) is 55.1 Å². The van der Waals surface area contributed by atoms with E-state index in [4.69, 9.17) is 5.73 Å². The number of amides is 1. The van der Waals surface area contributed by atoms with Crippen LogP contribution in [0.25, 0.3) is 0 Å². The van der Waals surface area contributed by atoms with Gasteiger partial charge < -0.3 is 11.1 Å². The Morgan fingerprint density at radius 2 is 2.20 bits per heavy atom. The van der Waals surface area contributed by atoms with Crippen LogP contribution < -0.4 is 11.1 Å². The van der Waals surface area contributed by atoms with Crippen molar-refractivity contribution in [2.45, 2.75) is 6.42 Å². The van der Waals surface area contributed by atoms with Gasteiger partial charge in [0.05, 0.1) is 6.54 Å². The van der Waals surface area contributed by atoms with Gasteiger partial charge in [-0.2, -0.15) is 0 Å². The number of benzene rings is 1. The number of nitrogens with two attached hydrogens (primary N) is 1. The number of rotatable bonds is 4. The van der Waals surface area contributed by atoms with E-state index in [9.17, 15) is 4.79 Å². The highest BCUT2D eigenvalue weighted by molar-refractivity contribution is 7.09. The molecule has 0 aliphatic rings. The van der Waals surface area contributed by atoms with Crippen LogP contribution in [0.4, 0.5) is 0 Å². The quantitative estimate of drug-likeness (QED) is 0.844. The van der Waals surface area contributed by atoms with Gasteiger partial charge in [0.2, 0.25) is 0 Å². The molecule has 2 rings (SSSR count). The van der Waals surface area contributed by atoms with E-state index in [2.05, 4.69) is 23.2 Å². The van der Waals surface area contributed by atoms with Crippen molar-refractivity contribution in [2.24, 2.45) is 5.73 Å². The van der Waals surface area contributed by atoms with Crippen molar-refractivity contribution in [1.82, 2.24) is 5.32 Å². The highest BCUT2D eigenvalue weighted by Gasteiger charge is 2.05. The van der Waals surface area contributed by atoms with Gasteiger partial charge in [0, 0.05) is 22.5 Å². The molecule has 0 saturated heterocycles. The number of hydrogen-bond donors (Lipinski definition) is 2. The molecule has 1 heterocycles. The number of hydrogen-bond acceptors (Lipinski definition) is 3. The largest absolute Gasteiger partial charge is 0.352 e. The Morgan fingerprint density at radius 3 is 2.95 bits per heavy atom. The summed E-state index contributed by atoms with van der Waals surface area (Å²) in [6.45, 7) is 0.954. The van der Waals surface area contributed by atoms with Crippen LogP contribution in [0, 0.1) is 11.8 Å². The standard InChI is InChI=1S/C16H16N2OS/c17-9-2-5-13-4-1-6-14(12-13)16(19)18-10-8-15-7-3-11-20-15/h1,3-4,6-7,11-12H,8-10,17H2,(H,18,19). The third kappa shape index (κ3) is 4.23. The lowest BCUT2D eigenvalue weighted by atomic mass is 10.1. The molecule has 3 nitrogen and oxygen atoms in total. The Hall–Kier alpha value is -2.09. The summed E-state index contributed by atoms with van der Waals surface area (Å²) in [5, 5.41) is 4.95. The molecule has 1 aromatic heterocycles. The lowest BCUT2D eigenvalue weighted by molar-refractivity contribution is 0.0954. The maximum Gasteiger partial charge on any atom is 0.251 e. The predicted molar refractivity (Wildman–Crippen MR) is 82.7 cm³/mol. The van der Waals surface area contributed by atoms with Crippen molar-refractivity contribution in [3.05, 3.63) is 57.8 Å². The molecule has 1 aromatic carbocycles. The molecule has 0 saturated carbocycles. The fourth-order valence-electron chi connectivity index (χ4n) is 1.75. The molecule has 0 aliphatic carbocycles. The summed E-state index contributed by atoms with van der Waals surface area (Å²) in [5.74, 6) is 5.63. The average Bonchev–Trinajstić information content (AvgIpc) is 2.98. The molecule has 102 valence electrons. The van der Waals surface area contributed by atoms with Gasteiger partial charge in [0.15, 0.2) is 0 Å². The van der Waals surface area contributed by atoms with Gasteiger partial charge >= 0.3 is 0 Å². The Bertz CT molecular complexity index is 623. The molecule has 4 heteroatoms. The minimum absolute atomic E-state index is 0.0713. The zero-order valence-corrected chi connectivity index (χ0v) is 11.9. The summed E-state index contributed by atoms with van der Waals surface area (Å²) in [6, 6.07) is 11.3. The first-order valence-corrected chi connectivity index (χ1v) is 7.27. The summed E-state index contributed by atoms with van der Waals surface area (Å²) in [6.07, 6.45) is 0.857. The molecule has 3 N–H and O–H groups in total. The minimum atomic E-state index is -0.0713. The number of thiophene rings is 1. The van der Waals surface area contributed by atoms with Crippen molar-refractivity contribution in [2.75, 3.05) is 13.1 Å². The van der Waals surface area contributed by atoms with Crippen LogP contribution in [-0.4, -0.2) is 19.0 Å². The minimum Gasteiger partial charge on any atom is -0.352 e. The van der Waals surface area contributed by atoms with Gasteiger partial charge in [-0.25, -0.2) is 0 Å². The molecule has 20 heavy (non-hydrogen) atoms. The van der Waals surface area contributed by atoms with Crippen molar-refractivity contribution in [3.63, 3.8) is 0 Å². The predicted octanol–water partition coefficient (Wildman–Crippen LogP) is 2.03. The summed E-state index contributed by atoms with van der Waals surface area (Å²) in [4.78, 5) is 13.3. The Morgan fingerprint density at radius 1 is 1.30 bits per heavy atom. The number of carbonyl (C=O) groups is 1. The monoisotopic (exact) mass is 284 g/mol. The Kier molecular flexibility index (Phi) is 5.36. The maximum atomic E-state index is 12.0. The van der Waals surface area contributed by atoms with Gasteiger partial charge in [0.1, 0.15) is 0 Å². The van der Waals surface area contributed by atoms with E-state index >= 15 is 0 Å². The molecule has 2 aromatic rings. The molecular weight excluding hydrogens is 268 g/mol. The van der Waals surface area contributed by atoms with Crippen LogP contribution in [0.3, 0.4) is 0 Å². The van der Waals surface area contributed by atoms with E-state index in [1.54, 1.807) is 23.5 Å². The maximum absolute atomic E-state index is 12.0. The van der Waals surface area contributed by atoms with Crippen LogP contribution in [-0.2, 0) is 6.42 Å². The highest BCUT2D eigenvalue weighted by Crippen LogP contribution is 2.08. The van der Waals surface area contributed by atoms with E-state index in [0.29, 0.717) is 18.7 Å². The smallest absolute Gasteiger partial charge is 0.251 e. The fraction of sp³-hybridized carbons (Fsp3) is 0.188. The van der Waals surface area contributed by atoms with Crippen molar-refractivity contribution >= 4 is 17.2 Å². The third-order valence-corrected chi connectivity index (χ3v) is 3.63. The van der Waals surface area contributed by atoms with Crippen LogP contribution >= 0.6 is 11.3 Å². The zero-order valence-electron chi connectivity index (χ0n) is 11.1. The lowest BCUT2D eigenvalue weighted by Crippen LogP contribution is -2.25.